The Kier molecular flexibility index (Phi) is 5.82. The molecule has 0 spiro atoms. The average Bonchev–Trinajstić information content (AvgIpc) is 2.55. The molecular weight excluding hydrogens is 368 g/mol. The number of carbonyl (C=O) groups excluding carboxylic acids is 1. The molecule has 0 bridgehead atoms. The van der Waals surface area contributed by atoms with E-state index < -0.39 is 0 Å². The highest BCUT2D eigenvalue weighted by atomic mass is 79.9. The Bertz CT molecular complexity index is 583. The first-order chi connectivity index (χ1) is 11.5. The first-order valence-corrected chi connectivity index (χ1v) is 9.77. The van der Waals surface area contributed by atoms with Crippen LogP contribution >= 0.6 is 15.9 Å². The first kappa shape index (κ1) is 17.7. The van der Waals surface area contributed by atoms with Crippen molar-refractivity contribution in [1.29, 1.82) is 0 Å². The molecule has 132 valence electrons. The molecule has 1 atom stereocenters. The second-order valence-electron chi connectivity index (χ2n) is 7.35. The van der Waals surface area contributed by atoms with Crippen LogP contribution in [0.3, 0.4) is 0 Å². The highest BCUT2D eigenvalue weighted by Gasteiger charge is 2.29. The number of benzene rings is 1. The number of ether oxygens (including phenoxy) is 1. The van der Waals surface area contributed by atoms with Crippen molar-refractivity contribution in [3.8, 4) is 5.75 Å². The Labute approximate surface area is 153 Å². The molecule has 1 aromatic carbocycles. The van der Waals surface area contributed by atoms with E-state index in [4.69, 9.17) is 4.74 Å². The van der Waals surface area contributed by atoms with Crippen molar-refractivity contribution in [2.45, 2.75) is 39.2 Å². The number of amides is 1. The van der Waals surface area contributed by atoms with Gasteiger partial charge in [0.15, 0.2) is 0 Å². The first-order valence-electron chi connectivity index (χ1n) is 8.98. The van der Waals surface area contributed by atoms with Gasteiger partial charge in [-0.2, -0.15) is 0 Å². The standard InChI is InChI=1S/C19H27BrN2O2/c1-13(2)12-22-8-5-14(6-9-22)19(23)21-17-7-10-24-18-4-3-15(20)11-16(17)18/h3-4,11,13-14,17H,5-10,12H2,1-2H3,(H,21,23)/t17-/m0/s1. The molecule has 4 nitrogen and oxygen atoms in total. The topological polar surface area (TPSA) is 41.6 Å². The average molecular weight is 395 g/mol. The maximum atomic E-state index is 12.7. The Morgan fingerprint density at radius 3 is 2.79 bits per heavy atom. The van der Waals surface area contributed by atoms with Gasteiger partial charge in [0.05, 0.1) is 12.6 Å². The van der Waals surface area contributed by atoms with E-state index in [1.807, 2.05) is 12.1 Å². The molecule has 0 aromatic heterocycles. The predicted molar refractivity (Wildman–Crippen MR) is 99.1 cm³/mol. The monoisotopic (exact) mass is 394 g/mol. The molecule has 2 heterocycles. The number of fused-ring (bicyclic) bond motifs is 1. The van der Waals surface area contributed by atoms with E-state index in [0.717, 1.165) is 54.7 Å². The molecule has 24 heavy (non-hydrogen) atoms. The van der Waals surface area contributed by atoms with E-state index in [2.05, 4.69) is 46.1 Å². The third-order valence-electron chi connectivity index (χ3n) is 4.91. The highest BCUT2D eigenvalue weighted by molar-refractivity contribution is 9.10. The molecule has 1 aromatic rings. The van der Waals surface area contributed by atoms with Crippen LogP contribution in [0.15, 0.2) is 22.7 Å². The Balaban J connectivity index is 1.58. The normalized spacial score (nSPS) is 22.1. The zero-order chi connectivity index (χ0) is 17.1. The van der Waals surface area contributed by atoms with E-state index in [1.165, 1.54) is 0 Å². The fourth-order valence-electron chi connectivity index (χ4n) is 3.70. The van der Waals surface area contributed by atoms with Crippen molar-refractivity contribution in [3.05, 3.63) is 28.2 Å². The van der Waals surface area contributed by atoms with Crippen LogP contribution in [0, 0.1) is 11.8 Å². The molecule has 2 aliphatic rings. The summed E-state index contributed by atoms with van der Waals surface area (Å²) in [7, 11) is 0. The van der Waals surface area contributed by atoms with E-state index in [0.29, 0.717) is 12.5 Å². The fraction of sp³-hybridized carbons (Fsp3) is 0.632. The molecule has 5 heteroatoms. The summed E-state index contributed by atoms with van der Waals surface area (Å²) in [6.45, 7) is 8.36. The van der Waals surface area contributed by atoms with Crippen LogP contribution in [0.1, 0.15) is 44.7 Å². The molecule has 0 aliphatic carbocycles. The maximum absolute atomic E-state index is 12.7. The summed E-state index contributed by atoms with van der Waals surface area (Å²) in [6, 6.07) is 6.08. The van der Waals surface area contributed by atoms with E-state index in [1.54, 1.807) is 0 Å². The van der Waals surface area contributed by atoms with Gasteiger partial charge < -0.3 is 15.0 Å². The largest absolute Gasteiger partial charge is 0.493 e. The number of halogens is 1. The second kappa shape index (κ2) is 7.87. The van der Waals surface area contributed by atoms with E-state index in [-0.39, 0.29) is 17.9 Å². The molecule has 3 rings (SSSR count). The number of nitrogens with one attached hydrogen (secondary N) is 1. The van der Waals surface area contributed by atoms with Crippen molar-refractivity contribution in [1.82, 2.24) is 10.2 Å². The van der Waals surface area contributed by atoms with Gasteiger partial charge in [-0.15, -0.1) is 0 Å². The van der Waals surface area contributed by atoms with E-state index in [9.17, 15) is 4.79 Å². The summed E-state index contributed by atoms with van der Waals surface area (Å²) < 4.78 is 6.73. The number of nitrogens with zero attached hydrogens (tertiary/aromatic N) is 1. The van der Waals surface area contributed by atoms with Gasteiger partial charge in [-0.05, 0) is 50.0 Å². The fourth-order valence-corrected chi connectivity index (χ4v) is 4.08. The van der Waals surface area contributed by atoms with Crippen LogP contribution in [-0.4, -0.2) is 37.0 Å². The molecule has 1 amide bonds. The van der Waals surface area contributed by atoms with Crippen LogP contribution in [0.5, 0.6) is 5.75 Å². The summed E-state index contributed by atoms with van der Waals surface area (Å²) >= 11 is 3.51. The quantitative estimate of drug-likeness (QED) is 0.844. The Morgan fingerprint density at radius 2 is 2.08 bits per heavy atom. The molecule has 1 fully saturated rings. The van der Waals surface area contributed by atoms with Crippen LogP contribution in [0.4, 0.5) is 0 Å². The predicted octanol–water partition coefficient (Wildman–Crippen LogP) is 3.76. The summed E-state index contributed by atoms with van der Waals surface area (Å²) in [5.41, 5.74) is 1.08. The number of carbonyl (C=O) groups is 1. The molecule has 1 N–H and O–H groups in total. The van der Waals surface area contributed by atoms with E-state index >= 15 is 0 Å². The molecule has 2 aliphatic heterocycles. The minimum absolute atomic E-state index is 0.0624. The summed E-state index contributed by atoms with van der Waals surface area (Å²) in [4.78, 5) is 15.2. The third kappa shape index (κ3) is 4.31. The van der Waals surface area contributed by atoms with Gasteiger partial charge in [0.2, 0.25) is 5.91 Å². The summed E-state index contributed by atoms with van der Waals surface area (Å²) in [6.07, 6.45) is 2.77. The van der Waals surface area contributed by atoms with Gasteiger partial charge in [-0.1, -0.05) is 29.8 Å². The van der Waals surface area contributed by atoms with Crippen LogP contribution in [0.25, 0.3) is 0 Å². The van der Waals surface area contributed by atoms with Crippen LogP contribution < -0.4 is 10.1 Å². The lowest BCUT2D eigenvalue weighted by Crippen LogP contribution is -2.43. The summed E-state index contributed by atoms with van der Waals surface area (Å²) in [5, 5.41) is 3.27. The van der Waals surface area contributed by atoms with Gasteiger partial charge in [0.25, 0.3) is 0 Å². The third-order valence-corrected chi connectivity index (χ3v) is 5.40. The lowest BCUT2D eigenvalue weighted by atomic mass is 9.93. The highest BCUT2D eigenvalue weighted by Crippen LogP contribution is 2.34. The number of piperidine rings is 1. The number of hydrogen-bond acceptors (Lipinski definition) is 3. The smallest absolute Gasteiger partial charge is 0.223 e. The minimum Gasteiger partial charge on any atom is -0.493 e. The number of hydrogen-bond donors (Lipinski definition) is 1. The minimum atomic E-state index is 0.0624. The van der Waals surface area contributed by atoms with Crippen molar-refractivity contribution in [2.24, 2.45) is 11.8 Å². The molecule has 1 saturated heterocycles. The zero-order valence-electron chi connectivity index (χ0n) is 14.6. The second-order valence-corrected chi connectivity index (χ2v) is 8.26. The van der Waals surface area contributed by atoms with Gasteiger partial charge in [0.1, 0.15) is 5.75 Å². The number of likely N-dealkylation sites (tertiary alicyclic amines) is 1. The van der Waals surface area contributed by atoms with Crippen molar-refractivity contribution in [2.75, 3.05) is 26.2 Å². The van der Waals surface area contributed by atoms with Crippen molar-refractivity contribution < 1.29 is 9.53 Å². The molecule has 0 unspecified atom stereocenters. The van der Waals surface area contributed by atoms with Gasteiger partial charge in [-0.3, -0.25) is 4.79 Å². The van der Waals surface area contributed by atoms with Crippen LogP contribution in [0.2, 0.25) is 0 Å². The number of rotatable bonds is 4. The zero-order valence-corrected chi connectivity index (χ0v) is 16.1. The molecule has 0 saturated carbocycles. The summed E-state index contributed by atoms with van der Waals surface area (Å²) in [5.74, 6) is 1.93. The molecular formula is C19H27BrN2O2. The van der Waals surface area contributed by atoms with Crippen molar-refractivity contribution >= 4 is 21.8 Å². The Morgan fingerprint density at radius 1 is 1.33 bits per heavy atom. The SMILES string of the molecule is CC(C)CN1CCC(C(=O)N[C@H]2CCOc3ccc(Br)cc32)CC1. The van der Waals surface area contributed by atoms with Gasteiger partial charge in [0, 0.05) is 28.9 Å². The molecule has 0 radical (unpaired) electrons. The van der Waals surface area contributed by atoms with Gasteiger partial charge in [-0.25, -0.2) is 0 Å². The Hall–Kier alpha value is -1.07. The van der Waals surface area contributed by atoms with Crippen LogP contribution in [-0.2, 0) is 4.79 Å². The van der Waals surface area contributed by atoms with Gasteiger partial charge >= 0.3 is 0 Å². The maximum Gasteiger partial charge on any atom is 0.223 e. The lowest BCUT2D eigenvalue weighted by Gasteiger charge is -2.34. The van der Waals surface area contributed by atoms with Crippen molar-refractivity contribution in [3.63, 3.8) is 0 Å². The lowest BCUT2D eigenvalue weighted by molar-refractivity contribution is -0.127.